The van der Waals surface area contributed by atoms with E-state index in [1.807, 2.05) is 0 Å². The maximum Gasteiger partial charge on any atom is 0.170 e. The van der Waals surface area contributed by atoms with Crippen molar-refractivity contribution in [3.05, 3.63) is 49.1 Å². The molecule has 230 valence electrons. The number of pyridine rings is 2. The van der Waals surface area contributed by atoms with Gasteiger partial charge in [-0.1, -0.05) is 90.9 Å². The molecule has 0 saturated carbocycles. The van der Waals surface area contributed by atoms with Gasteiger partial charge in [0.2, 0.25) is 0 Å². The lowest BCUT2D eigenvalue weighted by Gasteiger charge is -2.08. The SMILES string of the molecule is CCCCCCCCCC[n+]1ccc(NCCCCNc2cc[n+](CCCCCCCCCC)cc2)cc1.[Br-].[Br-]. The third-order valence-corrected chi connectivity index (χ3v) is 7.58. The number of anilines is 2. The Bertz CT molecular complexity index is 716. The molecule has 0 radical (unpaired) electrons. The summed E-state index contributed by atoms with van der Waals surface area (Å²) in [5, 5.41) is 7.15. The van der Waals surface area contributed by atoms with Crippen LogP contribution in [0, 0.1) is 0 Å². The largest absolute Gasteiger partial charge is 1.00 e. The molecule has 0 unspecified atom stereocenters. The number of nitrogens with zero attached hydrogens (tertiary/aromatic N) is 2. The topological polar surface area (TPSA) is 31.8 Å². The number of aromatic nitrogens is 2. The zero-order valence-electron chi connectivity index (χ0n) is 25.8. The zero-order valence-corrected chi connectivity index (χ0v) is 29.0. The molecule has 2 aromatic rings. The van der Waals surface area contributed by atoms with Crippen molar-refractivity contribution in [2.45, 2.75) is 143 Å². The summed E-state index contributed by atoms with van der Waals surface area (Å²) in [6, 6.07) is 8.87. The molecule has 2 aromatic heterocycles. The summed E-state index contributed by atoms with van der Waals surface area (Å²) in [7, 11) is 0. The summed E-state index contributed by atoms with van der Waals surface area (Å²) in [4.78, 5) is 0. The van der Waals surface area contributed by atoms with Crippen LogP contribution in [0.2, 0.25) is 0 Å². The summed E-state index contributed by atoms with van der Waals surface area (Å²) in [5.41, 5.74) is 2.46. The van der Waals surface area contributed by atoms with Gasteiger partial charge in [0, 0.05) is 61.6 Å². The number of aryl methyl sites for hydroxylation is 2. The predicted molar refractivity (Wildman–Crippen MR) is 165 cm³/mol. The minimum atomic E-state index is 0. The fourth-order valence-corrected chi connectivity index (χ4v) is 5.02. The number of hydrogen-bond donors (Lipinski definition) is 2. The molecule has 40 heavy (non-hydrogen) atoms. The fourth-order valence-electron chi connectivity index (χ4n) is 5.02. The van der Waals surface area contributed by atoms with Gasteiger partial charge in [0.25, 0.3) is 0 Å². The first kappa shape index (κ1) is 38.9. The smallest absolute Gasteiger partial charge is 0.170 e. The lowest BCUT2D eigenvalue weighted by molar-refractivity contribution is -0.697. The van der Waals surface area contributed by atoms with Crippen LogP contribution in [-0.2, 0) is 13.1 Å². The molecule has 0 saturated heterocycles. The molecule has 0 atom stereocenters. The quantitative estimate of drug-likeness (QED) is 0.125. The Balaban J connectivity index is 0.00000760. The molecule has 0 spiro atoms. The number of nitrogens with one attached hydrogen (secondary N) is 2. The van der Waals surface area contributed by atoms with E-state index >= 15 is 0 Å². The van der Waals surface area contributed by atoms with Crippen LogP contribution >= 0.6 is 0 Å². The summed E-state index contributed by atoms with van der Waals surface area (Å²) in [5.74, 6) is 0. The monoisotopic (exact) mass is 682 g/mol. The molecule has 6 heteroatoms. The Morgan fingerprint density at radius 3 is 1.05 bits per heavy atom. The molecule has 0 aliphatic rings. The van der Waals surface area contributed by atoms with Gasteiger partial charge >= 0.3 is 0 Å². The van der Waals surface area contributed by atoms with Crippen molar-refractivity contribution in [3.63, 3.8) is 0 Å². The van der Waals surface area contributed by atoms with Crippen LogP contribution in [-0.4, -0.2) is 13.1 Å². The van der Waals surface area contributed by atoms with Crippen LogP contribution in [0.4, 0.5) is 11.4 Å². The molecule has 4 nitrogen and oxygen atoms in total. The molecule has 2 rings (SSSR count). The molecular formula is C34H60Br2N4. The van der Waals surface area contributed by atoms with Crippen molar-refractivity contribution in [1.29, 1.82) is 0 Å². The molecule has 0 fully saturated rings. The van der Waals surface area contributed by atoms with Crippen molar-refractivity contribution >= 4 is 11.4 Å². The van der Waals surface area contributed by atoms with E-state index in [1.165, 1.54) is 127 Å². The Morgan fingerprint density at radius 2 is 0.725 bits per heavy atom. The highest BCUT2D eigenvalue weighted by atomic mass is 79.9. The van der Waals surface area contributed by atoms with Crippen molar-refractivity contribution in [1.82, 2.24) is 0 Å². The van der Waals surface area contributed by atoms with Gasteiger partial charge in [-0.05, 0) is 25.7 Å². The van der Waals surface area contributed by atoms with Crippen LogP contribution in [0.1, 0.15) is 129 Å². The second kappa shape index (κ2) is 28.0. The Hall–Kier alpha value is -1.14. The minimum absolute atomic E-state index is 0. The van der Waals surface area contributed by atoms with Crippen LogP contribution in [0.5, 0.6) is 0 Å². The Morgan fingerprint density at radius 1 is 0.425 bits per heavy atom. The van der Waals surface area contributed by atoms with Gasteiger partial charge in [0.05, 0.1) is 0 Å². The van der Waals surface area contributed by atoms with E-state index in [2.05, 4.69) is 82.7 Å². The van der Waals surface area contributed by atoms with E-state index in [9.17, 15) is 0 Å². The minimum Gasteiger partial charge on any atom is -1.00 e. The van der Waals surface area contributed by atoms with Gasteiger partial charge in [0.1, 0.15) is 13.1 Å². The maximum atomic E-state index is 3.58. The first-order valence-electron chi connectivity index (χ1n) is 16.3. The summed E-state index contributed by atoms with van der Waals surface area (Å²) < 4.78 is 4.65. The summed E-state index contributed by atoms with van der Waals surface area (Å²) >= 11 is 0. The molecule has 0 amide bonds. The fraction of sp³-hybridized carbons (Fsp3) is 0.706. The van der Waals surface area contributed by atoms with Crippen LogP contribution < -0.4 is 53.7 Å². The molecule has 2 heterocycles. The van der Waals surface area contributed by atoms with Gasteiger partial charge in [-0.3, -0.25) is 0 Å². The second-order valence-electron chi connectivity index (χ2n) is 11.2. The molecule has 2 N–H and O–H groups in total. The zero-order chi connectivity index (χ0) is 26.9. The van der Waals surface area contributed by atoms with Crippen molar-refractivity contribution in [2.24, 2.45) is 0 Å². The molecule has 0 aliphatic carbocycles. The van der Waals surface area contributed by atoms with Crippen molar-refractivity contribution in [2.75, 3.05) is 23.7 Å². The normalized spacial score (nSPS) is 10.6. The third-order valence-electron chi connectivity index (χ3n) is 7.58. The van der Waals surface area contributed by atoms with E-state index < -0.39 is 0 Å². The van der Waals surface area contributed by atoms with Crippen molar-refractivity contribution in [3.8, 4) is 0 Å². The number of unbranched alkanes of at least 4 members (excludes halogenated alkanes) is 15. The highest BCUT2D eigenvalue weighted by Crippen LogP contribution is 2.10. The first-order chi connectivity index (χ1) is 18.8. The lowest BCUT2D eigenvalue weighted by atomic mass is 10.1. The highest BCUT2D eigenvalue weighted by molar-refractivity contribution is 5.40. The number of rotatable bonds is 25. The summed E-state index contributed by atoms with van der Waals surface area (Å²) in [6.45, 7) is 8.90. The average molecular weight is 685 g/mol. The standard InChI is InChI=1S/C34H58N4.2BrH/c1-3-5-7-9-11-13-15-19-27-37-29-21-33(22-30-37)35-25-17-18-26-36-34-23-31-38(32-24-34)28-20-16-14-12-10-8-6-4-2;;/h21-24,29-32H,3-20,25-28H2,1-2H3;2*1H. The van der Waals surface area contributed by atoms with Crippen molar-refractivity contribution < 1.29 is 43.1 Å². The van der Waals surface area contributed by atoms with Crippen LogP contribution in [0.3, 0.4) is 0 Å². The number of hydrogen-bond acceptors (Lipinski definition) is 2. The molecular weight excluding hydrogens is 624 g/mol. The van der Waals surface area contributed by atoms with E-state index in [1.54, 1.807) is 0 Å². The lowest BCUT2D eigenvalue weighted by Crippen LogP contribution is -3.00. The van der Waals surface area contributed by atoms with Gasteiger partial charge in [0.15, 0.2) is 24.8 Å². The predicted octanol–water partition coefficient (Wildman–Crippen LogP) is 2.86. The Labute approximate surface area is 268 Å². The molecule has 0 aromatic carbocycles. The van der Waals surface area contributed by atoms with E-state index in [0.29, 0.717) is 0 Å². The van der Waals surface area contributed by atoms with E-state index in [-0.39, 0.29) is 34.0 Å². The van der Waals surface area contributed by atoms with Crippen LogP contribution in [0.15, 0.2) is 49.1 Å². The maximum absolute atomic E-state index is 3.58. The van der Waals surface area contributed by atoms with Gasteiger partial charge in [-0.15, -0.1) is 0 Å². The Kier molecular flexibility index (Phi) is 27.2. The third kappa shape index (κ3) is 20.7. The van der Waals surface area contributed by atoms with Crippen LogP contribution in [0.25, 0.3) is 0 Å². The first-order valence-corrected chi connectivity index (χ1v) is 16.3. The highest BCUT2D eigenvalue weighted by Gasteiger charge is 2.03. The van der Waals surface area contributed by atoms with E-state index in [0.717, 1.165) is 26.2 Å². The summed E-state index contributed by atoms with van der Waals surface area (Å²) in [6.07, 6.45) is 33.3. The van der Waals surface area contributed by atoms with Gasteiger partial charge < -0.3 is 44.6 Å². The van der Waals surface area contributed by atoms with E-state index in [4.69, 9.17) is 0 Å². The van der Waals surface area contributed by atoms with Gasteiger partial charge in [-0.2, -0.15) is 0 Å². The van der Waals surface area contributed by atoms with Gasteiger partial charge in [-0.25, -0.2) is 9.13 Å². The second-order valence-corrected chi connectivity index (χ2v) is 11.2. The molecule has 0 aliphatic heterocycles. The molecule has 0 bridgehead atoms. The average Bonchev–Trinajstić information content (AvgIpc) is 2.95. The number of halogens is 2.